The third-order valence-electron chi connectivity index (χ3n) is 4.29. The predicted octanol–water partition coefficient (Wildman–Crippen LogP) is 5.92. The van der Waals surface area contributed by atoms with Crippen molar-refractivity contribution in [2.45, 2.75) is 25.7 Å². The van der Waals surface area contributed by atoms with Crippen LogP contribution in [0.3, 0.4) is 0 Å². The number of hydrogen-bond acceptors (Lipinski definition) is 3. The smallest absolute Gasteiger partial charge is 0.263 e. The number of halogens is 3. The Labute approximate surface area is 173 Å². The summed E-state index contributed by atoms with van der Waals surface area (Å²) in [5.74, 6) is -0.155. The molecular formula is C20H17Cl2FN2O2S. The molecule has 0 saturated carbocycles. The molecule has 3 aromatic rings. The van der Waals surface area contributed by atoms with E-state index in [1.807, 2.05) is 6.92 Å². The molecule has 0 aliphatic heterocycles. The Morgan fingerprint density at radius 2 is 1.61 bits per heavy atom. The van der Waals surface area contributed by atoms with Crippen LogP contribution >= 0.6 is 23.2 Å². The topological polar surface area (TPSA) is 59.1 Å². The molecule has 3 rings (SSSR count). The molecular weight excluding hydrogens is 422 g/mol. The number of sulfonamides is 1. The van der Waals surface area contributed by atoms with Crippen LogP contribution in [-0.4, -0.2) is 13.4 Å². The van der Waals surface area contributed by atoms with E-state index in [2.05, 4.69) is 9.71 Å². The van der Waals surface area contributed by atoms with Crippen LogP contribution in [0.25, 0.3) is 11.1 Å². The van der Waals surface area contributed by atoms with E-state index in [1.165, 1.54) is 24.3 Å². The monoisotopic (exact) mass is 438 g/mol. The summed E-state index contributed by atoms with van der Waals surface area (Å²) in [6, 6.07) is 9.02. The Hall–Kier alpha value is -2.15. The second-order valence-corrected chi connectivity index (χ2v) is 8.95. The van der Waals surface area contributed by atoms with Gasteiger partial charge in [0.15, 0.2) is 0 Å². The van der Waals surface area contributed by atoms with E-state index in [-0.39, 0.29) is 21.6 Å². The van der Waals surface area contributed by atoms with Gasteiger partial charge in [0.25, 0.3) is 10.0 Å². The summed E-state index contributed by atoms with van der Waals surface area (Å²) >= 11 is 12.0. The van der Waals surface area contributed by atoms with Crippen molar-refractivity contribution in [1.29, 1.82) is 0 Å². The lowest BCUT2D eigenvalue weighted by atomic mass is 9.98. The number of hydrogen-bond donors (Lipinski definition) is 1. The van der Waals surface area contributed by atoms with Crippen LogP contribution in [0, 0.1) is 26.6 Å². The van der Waals surface area contributed by atoms with Crippen LogP contribution in [0.4, 0.5) is 10.2 Å². The number of aryl methyl sites for hydroxylation is 3. The highest BCUT2D eigenvalue weighted by Crippen LogP contribution is 2.31. The molecule has 1 N–H and O–H groups in total. The zero-order chi connectivity index (χ0) is 20.6. The predicted molar refractivity (Wildman–Crippen MR) is 111 cm³/mol. The summed E-state index contributed by atoms with van der Waals surface area (Å²) < 4.78 is 41.4. The molecule has 2 aromatic carbocycles. The standard InChI is InChI=1S/C20H17Cl2FN2O2S/c1-11-7-15(23)4-5-16(11)17-10-24-19(8-12(17)2)25-28(26,27)20-13(3)6-14(21)9-18(20)22/h4-10H,1-3H3,(H,24,25). The van der Waals surface area contributed by atoms with Crippen molar-refractivity contribution in [1.82, 2.24) is 4.98 Å². The van der Waals surface area contributed by atoms with Crippen molar-refractivity contribution < 1.29 is 12.8 Å². The Kier molecular flexibility index (Phi) is 5.66. The Morgan fingerprint density at radius 1 is 0.929 bits per heavy atom. The van der Waals surface area contributed by atoms with E-state index in [9.17, 15) is 12.8 Å². The highest BCUT2D eigenvalue weighted by Gasteiger charge is 2.22. The van der Waals surface area contributed by atoms with Gasteiger partial charge in [0, 0.05) is 16.8 Å². The van der Waals surface area contributed by atoms with Crippen LogP contribution in [0.5, 0.6) is 0 Å². The van der Waals surface area contributed by atoms with Gasteiger partial charge in [-0.15, -0.1) is 0 Å². The summed E-state index contributed by atoms with van der Waals surface area (Å²) in [4.78, 5) is 4.17. The first-order valence-corrected chi connectivity index (χ1v) is 10.5. The van der Waals surface area contributed by atoms with Gasteiger partial charge in [-0.1, -0.05) is 29.3 Å². The number of nitrogens with zero attached hydrogens (tertiary/aromatic N) is 1. The molecule has 1 aromatic heterocycles. The molecule has 0 aliphatic rings. The minimum atomic E-state index is -3.95. The number of anilines is 1. The molecule has 0 bridgehead atoms. The van der Waals surface area contributed by atoms with E-state index >= 15 is 0 Å². The van der Waals surface area contributed by atoms with E-state index in [1.54, 1.807) is 32.2 Å². The van der Waals surface area contributed by atoms with Crippen LogP contribution in [0.1, 0.15) is 16.7 Å². The molecule has 0 radical (unpaired) electrons. The van der Waals surface area contributed by atoms with Crippen molar-refractivity contribution in [2.75, 3.05) is 4.72 Å². The van der Waals surface area contributed by atoms with E-state index in [4.69, 9.17) is 23.2 Å². The second-order valence-electron chi connectivity index (χ2n) is 6.48. The fraction of sp³-hybridized carbons (Fsp3) is 0.150. The Balaban J connectivity index is 1.97. The number of rotatable bonds is 4. The minimum absolute atomic E-state index is 0.0350. The lowest BCUT2D eigenvalue weighted by Crippen LogP contribution is -2.16. The van der Waals surface area contributed by atoms with Crippen molar-refractivity contribution in [3.05, 3.63) is 75.1 Å². The molecule has 0 unspecified atom stereocenters. The summed E-state index contributed by atoms with van der Waals surface area (Å²) in [7, 11) is -3.95. The maximum atomic E-state index is 13.4. The number of aromatic nitrogens is 1. The molecule has 146 valence electrons. The largest absolute Gasteiger partial charge is 0.264 e. The molecule has 0 aliphatic carbocycles. The number of pyridine rings is 1. The van der Waals surface area contributed by atoms with Crippen molar-refractivity contribution >= 4 is 39.0 Å². The van der Waals surface area contributed by atoms with Gasteiger partial charge in [-0.25, -0.2) is 17.8 Å². The Bertz CT molecular complexity index is 1160. The van der Waals surface area contributed by atoms with Crippen LogP contribution < -0.4 is 4.72 Å². The molecule has 1 heterocycles. The average Bonchev–Trinajstić information content (AvgIpc) is 2.54. The molecule has 0 spiro atoms. The van der Waals surface area contributed by atoms with Gasteiger partial charge in [-0.3, -0.25) is 4.72 Å². The third-order valence-corrected chi connectivity index (χ3v) is 6.48. The second kappa shape index (κ2) is 7.70. The zero-order valence-corrected chi connectivity index (χ0v) is 17.7. The first-order chi connectivity index (χ1) is 13.1. The van der Waals surface area contributed by atoms with Gasteiger partial charge in [0.1, 0.15) is 16.5 Å². The summed E-state index contributed by atoms with van der Waals surface area (Å²) in [5.41, 5.74) is 3.61. The lowest BCUT2D eigenvalue weighted by Gasteiger charge is -2.14. The van der Waals surface area contributed by atoms with E-state index < -0.39 is 10.0 Å². The fourth-order valence-corrected chi connectivity index (χ4v) is 5.23. The molecule has 0 atom stereocenters. The van der Waals surface area contributed by atoms with Crippen molar-refractivity contribution in [3.63, 3.8) is 0 Å². The van der Waals surface area contributed by atoms with E-state index in [0.717, 1.165) is 22.3 Å². The SMILES string of the molecule is Cc1cc(F)ccc1-c1cnc(NS(=O)(=O)c2c(C)cc(Cl)cc2Cl)cc1C. The Morgan fingerprint density at radius 3 is 2.21 bits per heavy atom. The van der Waals surface area contributed by atoms with Gasteiger partial charge in [0.05, 0.1) is 5.02 Å². The van der Waals surface area contributed by atoms with Crippen molar-refractivity contribution in [3.8, 4) is 11.1 Å². The quantitative estimate of drug-likeness (QED) is 0.549. The summed E-state index contributed by atoms with van der Waals surface area (Å²) in [6.45, 7) is 5.25. The first kappa shape index (κ1) is 20.6. The van der Waals surface area contributed by atoms with Gasteiger partial charge in [-0.05, 0) is 73.4 Å². The first-order valence-electron chi connectivity index (χ1n) is 8.30. The summed E-state index contributed by atoms with van der Waals surface area (Å²) in [6.07, 6.45) is 1.56. The van der Waals surface area contributed by atoms with E-state index in [0.29, 0.717) is 10.6 Å². The summed E-state index contributed by atoms with van der Waals surface area (Å²) in [5, 5.41) is 0.391. The average molecular weight is 439 g/mol. The van der Waals surface area contributed by atoms with Crippen LogP contribution in [-0.2, 0) is 10.0 Å². The van der Waals surface area contributed by atoms with Crippen molar-refractivity contribution in [2.24, 2.45) is 0 Å². The molecule has 0 amide bonds. The minimum Gasteiger partial charge on any atom is -0.263 e. The molecule has 0 saturated heterocycles. The van der Waals surface area contributed by atoms with Gasteiger partial charge >= 0.3 is 0 Å². The maximum Gasteiger partial charge on any atom is 0.264 e. The van der Waals surface area contributed by atoms with Crippen LogP contribution in [0.15, 0.2) is 47.5 Å². The highest BCUT2D eigenvalue weighted by molar-refractivity contribution is 7.92. The van der Waals surface area contributed by atoms with Gasteiger partial charge in [-0.2, -0.15) is 0 Å². The highest BCUT2D eigenvalue weighted by atomic mass is 35.5. The number of nitrogens with one attached hydrogen (secondary N) is 1. The van der Waals surface area contributed by atoms with Crippen LogP contribution in [0.2, 0.25) is 10.0 Å². The number of benzene rings is 2. The maximum absolute atomic E-state index is 13.4. The molecule has 8 heteroatoms. The normalized spacial score (nSPS) is 11.5. The van der Waals surface area contributed by atoms with Gasteiger partial charge in [0.2, 0.25) is 0 Å². The molecule has 0 fully saturated rings. The zero-order valence-electron chi connectivity index (χ0n) is 15.3. The third kappa shape index (κ3) is 4.14. The molecule has 28 heavy (non-hydrogen) atoms. The van der Waals surface area contributed by atoms with Gasteiger partial charge < -0.3 is 0 Å². The molecule has 4 nitrogen and oxygen atoms in total. The lowest BCUT2D eigenvalue weighted by molar-refractivity contribution is 0.600. The fourth-order valence-electron chi connectivity index (χ4n) is 3.04.